The van der Waals surface area contributed by atoms with E-state index in [9.17, 15) is 0 Å². The number of piperazine rings is 1. The predicted octanol–water partition coefficient (Wildman–Crippen LogP) is 2.16. The van der Waals surface area contributed by atoms with Crippen molar-refractivity contribution in [3.63, 3.8) is 0 Å². The maximum Gasteiger partial charge on any atom is 0.0511 e. The molecule has 0 spiro atoms. The summed E-state index contributed by atoms with van der Waals surface area (Å²) >= 11 is 1.77. The van der Waals surface area contributed by atoms with Crippen molar-refractivity contribution in [3.8, 4) is 0 Å². The Hall–Kier alpha value is -0.420. The van der Waals surface area contributed by atoms with Gasteiger partial charge in [0, 0.05) is 31.7 Å². The topological polar surface area (TPSA) is 32.5 Å². The maximum absolute atomic E-state index is 6.39. The number of nitrogens with two attached hydrogens (primary N) is 1. The van der Waals surface area contributed by atoms with Crippen LogP contribution in [0.15, 0.2) is 16.8 Å². The van der Waals surface area contributed by atoms with Crippen molar-refractivity contribution < 1.29 is 0 Å². The molecule has 2 rings (SSSR count). The largest absolute Gasteiger partial charge is 0.326 e. The summed E-state index contributed by atoms with van der Waals surface area (Å²) in [5.74, 6) is 0. The van der Waals surface area contributed by atoms with Gasteiger partial charge in [0.05, 0.1) is 6.04 Å². The van der Waals surface area contributed by atoms with Crippen LogP contribution in [0.4, 0.5) is 0 Å². The van der Waals surface area contributed by atoms with Crippen molar-refractivity contribution in [2.45, 2.75) is 38.4 Å². The first-order valence-corrected chi connectivity index (χ1v) is 7.79. The van der Waals surface area contributed by atoms with Gasteiger partial charge < -0.3 is 10.6 Å². The Morgan fingerprint density at radius 2 is 2.28 bits per heavy atom. The van der Waals surface area contributed by atoms with Crippen molar-refractivity contribution in [2.24, 2.45) is 5.73 Å². The van der Waals surface area contributed by atoms with Gasteiger partial charge in [-0.15, -0.1) is 0 Å². The van der Waals surface area contributed by atoms with Crippen molar-refractivity contribution in [1.29, 1.82) is 0 Å². The molecule has 1 aliphatic rings. The number of hydrogen-bond donors (Lipinski definition) is 1. The smallest absolute Gasteiger partial charge is 0.0511 e. The zero-order chi connectivity index (χ0) is 13.1. The monoisotopic (exact) mass is 267 g/mol. The molecular weight excluding hydrogens is 242 g/mol. The van der Waals surface area contributed by atoms with E-state index in [2.05, 4.69) is 47.5 Å². The molecule has 4 heteroatoms. The van der Waals surface area contributed by atoms with E-state index in [1.807, 2.05) is 0 Å². The average Bonchev–Trinajstić information content (AvgIpc) is 2.85. The van der Waals surface area contributed by atoms with Gasteiger partial charge in [-0.2, -0.15) is 11.3 Å². The number of thiophene rings is 1. The molecule has 0 radical (unpaired) electrons. The van der Waals surface area contributed by atoms with Gasteiger partial charge in [-0.1, -0.05) is 6.92 Å². The first-order chi connectivity index (χ1) is 8.63. The molecule has 1 aromatic rings. The molecule has 2 heterocycles. The lowest BCUT2D eigenvalue weighted by Crippen LogP contribution is -2.54. The molecule has 1 aromatic heterocycles. The predicted molar refractivity (Wildman–Crippen MR) is 79.0 cm³/mol. The molecule has 0 bridgehead atoms. The molecule has 0 saturated carbocycles. The lowest BCUT2D eigenvalue weighted by molar-refractivity contribution is 0.0494. The molecule has 3 nitrogen and oxygen atoms in total. The highest BCUT2D eigenvalue weighted by atomic mass is 32.1. The Morgan fingerprint density at radius 3 is 2.83 bits per heavy atom. The Kier molecular flexibility index (Phi) is 4.78. The van der Waals surface area contributed by atoms with Crippen molar-refractivity contribution in [2.75, 3.05) is 26.7 Å². The minimum atomic E-state index is 0.227. The fraction of sp³-hybridized carbons (Fsp3) is 0.714. The Bertz CT molecular complexity index is 352. The van der Waals surface area contributed by atoms with E-state index in [1.165, 1.54) is 5.56 Å². The lowest BCUT2D eigenvalue weighted by atomic mass is 9.96. The quantitative estimate of drug-likeness (QED) is 0.907. The van der Waals surface area contributed by atoms with Crippen LogP contribution in [0.25, 0.3) is 0 Å². The van der Waals surface area contributed by atoms with Crippen LogP contribution >= 0.6 is 11.3 Å². The second kappa shape index (κ2) is 6.15. The van der Waals surface area contributed by atoms with Crippen LogP contribution < -0.4 is 5.73 Å². The van der Waals surface area contributed by atoms with Crippen molar-refractivity contribution in [1.82, 2.24) is 9.80 Å². The van der Waals surface area contributed by atoms with Crippen LogP contribution in [0.1, 0.15) is 31.9 Å². The first kappa shape index (κ1) is 14.0. The van der Waals surface area contributed by atoms with Gasteiger partial charge in [-0.05, 0) is 42.8 Å². The average molecular weight is 267 g/mol. The van der Waals surface area contributed by atoms with E-state index in [0.29, 0.717) is 12.1 Å². The van der Waals surface area contributed by atoms with Gasteiger partial charge in [0.2, 0.25) is 0 Å². The summed E-state index contributed by atoms with van der Waals surface area (Å²) in [5, 5.41) is 4.41. The third kappa shape index (κ3) is 2.94. The van der Waals surface area contributed by atoms with E-state index in [4.69, 9.17) is 5.73 Å². The van der Waals surface area contributed by atoms with Gasteiger partial charge >= 0.3 is 0 Å². The highest BCUT2D eigenvalue weighted by molar-refractivity contribution is 7.07. The van der Waals surface area contributed by atoms with Gasteiger partial charge in [-0.3, -0.25) is 4.90 Å². The number of likely N-dealkylation sites (N-methyl/N-ethyl adjacent to an activating group) is 1. The van der Waals surface area contributed by atoms with E-state index < -0.39 is 0 Å². The summed E-state index contributed by atoms with van der Waals surface area (Å²) in [6.45, 7) is 7.90. The highest BCUT2D eigenvalue weighted by Gasteiger charge is 2.32. The molecule has 0 aromatic carbocycles. The molecule has 1 aliphatic heterocycles. The van der Waals surface area contributed by atoms with Gasteiger partial charge in [0.25, 0.3) is 0 Å². The Morgan fingerprint density at radius 1 is 1.50 bits per heavy atom. The molecular formula is C14H25N3S. The van der Waals surface area contributed by atoms with Crippen LogP contribution in [-0.2, 0) is 0 Å². The van der Waals surface area contributed by atoms with E-state index in [1.54, 1.807) is 11.3 Å². The fourth-order valence-electron chi connectivity index (χ4n) is 2.92. The molecule has 1 saturated heterocycles. The molecule has 0 aliphatic carbocycles. The van der Waals surface area contributed by atoms with Gasteiger partial charge in [-0.25, -0.2) is 0 Å². The minimum absolute atomic E-state index is 0.227. The highest BCUT2D eigenvalue weighted by Crippen LogP contribution is 2.30. The van der Waals surface area contributed by atoms with E-state index in [-0.39, 0.29) is 6.04 Å². The minimum Gasteiger partial charge on any atom is -0.326 e. The maximum atomic E-state index is 6.39. The summed E-state index contributed by atoms with van der Waals surface area (Å²) in [4.78, 5) is 5.00. The van der Waals surface area contributed by atoms with Crippen LogP contribution in [0.3, 0.4) is 0 Å². The van der Waals surface area contributed by atoms with Crippen LogP contribution in [-0.4, -0.2) is 48.6 Å². The fourth-order valence-corrected chi connectivity index (χ4v) is 3.61. The summed E-state index contributed by atoms with van der Waals surface area (Å²) in [7, 11) is 2.20. The second-order valence-corrected chi connectivity index (χ2v) is 6.20. The second-order valence-electron chi connectivity index (χ2n) is 5.42. The molecule has 1 fully saturated rings. The first-order valence-electron chi connectivity index (χ1n) is 6.85. The van der Waals surface area contributed by atoms with Gasteiger partial charge in [0.15, 0.2) is 0 Å². The third-order valence-corrected chi connectivity index (χ3v) is 4.70. The number of rotatable bonds is 4. The number of hydrogen-bond acceptors (Lipinski definition) is 4. The summed E-state index contributed by atoms with van der Waals surface area (Å²) in [5.41, 5.74) is 7.78. The van der Waals surface area contributed by atoms with Crippen molar-refractivity contribution >= 4 is 11.3 Å². The number of nitrogens with zero attached hydrogens (tertiary/aromatic N) is 2. The van der Waals surface area contributed by atoms with Crippen molar-refractivity contribution in [3.05, 3.63) is 22.4 Å². The third-order valence-electron chi connectivity index (χ3n) is 4.00. The van der Waals surface area contributed by atoms with Crippen LogP contribution in [0.2, 0.25) is 0 Å². The normalized spacial score (nSPS) is 26.1. The molecule has 18 heavy (non-hydrogen) atoms. The van der Waals surface area contributed by atoms with Crippen LogP contribution in [0.5, 0.6) is 0 Å². The lowest BCUT2D eigenvalue weighted by Gasteiger charge is -2.44. The summed E-state index contributed by atoms with van der Waals surface area (Å²) in [6, 6.07) is 3.41. The Labute approximate surface area is 115 Å². The molecule has 0 amide bonds. The Balaban J connectivity index is 2.19. The SMILES string of the molecule is CCC(N)C(c1ccsc1)N1CCN(C)CC1C. The molecule has 3 unspecified atom stereocenters. The van der Waals surface area contributed by atoms with Gasteiger partial charge in [0.1, 0.15) is 0 Å². The van der Waals surface area contributed by atoms with E-state index in [0.717, 1.165) is 26.1 Å². The molecule has 2 N–H and O–H groups in total. The standard InChI is InChI=1S/C14H25N3S/c1-4-13(15)14(12-5-8-18-10-12)17-7-6-16(3)9-11(17)2/h5,8,10-11,13-14H,4,6-7,9,15H2,1-3H3. The zero-order valence-electron chi connectivity index (χ0n) is 11.7. The summed E-state index contributed by atoms with van der Waals surface area (Å²) < 4.78 is 0. The summed E-state index contributed by atoms with van der Waals surface area (Å²) in [6.07, 6.45) is 1.03. The molecule has 102 valence electrons. The van der Waals surface area contributed by atoms with Crippen LogP contribution in [0, 0.1) is 0 Å². The molecule has 3 atom stereocenters. The zero-order valence-corrected chi connectivity index (χ0v) is 12.5. The van der Waals surface area contributed by atoms with E-state index >= 15 is 0 Å².